The lowest BCUT2D eigenvalue weighted by Gasteiger charge is -2.10. The topological polar surface area (TPSA) is 95.7 Å². The molecule has 9 heteroatoms. The Balaban J connectivity index is 1.96. The Morgan fingerprint density at radius 2 is 2.00 bits per heavy atom. The molecular formula is C17H13ClFNO5S. The SMILES string of the molecule is [2H]C([2H])(c1ccccc1)S(=O)(=O)OC1=C(N)O[C@]([2H])(c2cc(F)cc(Cl)c2)C1=O. The minimum absolute atomic E-state index is 0.135. The van der Waals surface area contributed by atoms with Crippen LogP contribution in [0.2, 0.25) is 5.02 Å². The zero-order valence-electron chi connectivity index (χ0n) is 15.9. The fourth-order valence-corrected chi connectivity index (χ4v) is 3.22. The molecule has 26 heavy (non-hydrogen) atoms. The van der Waals surface area contributed by atoms with Crippen LogP contribution < -0.4 is 5.73 Å². The van der Waals surface area contributed by atoms with E-state index in [4.69, 9.17) is 26.2 Å². The van der Waals surface area contributed by atoms with Crippen molar-refractivity contribution < 1.29 is 30.6 Å². The molecule has 2 aromatic carbocycles. The van der Waals surface area contributed by atoms with E-state index in [-0.39, 0.29) is 16.1 Å². The first kappa shape index (κ1) is 14.6. The lowest BCUT2D eigenvalue weighted by molar-refractivity contribution is -0.123. The summed E-state index contributed by atoms with van der Waals surface area (Å²) >= 11 is 5.73. The number of ether oxygens (including phenoxy) is 1. The lowest BCUT2D eigenvalue weighted by atomic mass is 10.1. The zero-order valence-corrected chi connectivity index (χ0v) is 14.5. The number of nitrogens with two attached hydrogens (primary N) is 1. The molecule has 0 radical (unpaired) electrons. The molecule has 0 fully saturated rings. The summed E-state index contributed by atoms with van der Waals surface area (Å²) in [5, 5.41) is -0.135. The smallest absolute Gasteiger partial charge is 0.313 e. The second kappa shape index (κ2) is 6.97. The van der Waals surface area contributed by atoms with Gasteiger partial charge in [-0.05, 0) is 23.8 Å². The predicted molar refractivity (Wildman–Crippen MR) is 91.6 cm³/mol. The molecule has 0 bridgehead atoms. The Morgan fingerprint density at radius 1 is 1.31 bits per heavy atom. The van der Waals surface area contributed by atoms with E-state index >= 15 is 0 Å². The molecule has 0 unspecified atom stereocenters. The van der Waals surface area contributed by atoms with Crippen molar-refractivity contribution in [3.63, 3.8) is 0 Å². The second-order valence-corrected chi connectivity index (χ2v) is 6.83. The Hall–Kier alpha value is -2.58. The molecule has 2 N–H and O–H groups in total. The van der Waals surface area contributed by atoms with E-state index in [1.54, 1.807) is 6.07 Å². The van der Waals surface area contributed by atoms with Gasteiger partial charge in [-0.1, -0.05) is 41.9 Å². The number of halogens is 2. The molecule has 1 aliphatic heterocycles. The largest absolute Gasteiger partial charge is 0.460 e. The van der Waals surface area contributed by atoms with Crippen molar-refractivity contribution in [3.8, 4) is 0 Å². The van der Waals surface area contributed by atoms with Crippen LogP contribution >= 0.6 is 11.6 Å². The van der Waals surface area contributed by atoms with Gasteiger partial charge in [0.1, 0.15) is 11.5 Å². The van der Waals surface area contributed by atoms with Gasteiger partial charge in [0.25, 0.3) is 0 Å². The van der Waals surface area contributed by atoms with Crippen LogP contribution in [0.1, 0.15) is 21.3 Å². The van der Waals surface area contributed by atoms with Crippen molar-refractivity contribution in [1.82, 2.24) is 0 Å². The average Bonchev–Trinajstić information content (AvgIpc) is 2.85. The van der Waals surface area contributed by atoms with Gasteiger partial charge in [-0.3, -0.25) is 4.79 Å². The highest BCUT2D eigenvalue weighted by Crippen LogP contribution is 2.34. The summed E-state index contributed by atoms with van der Waals surface area (Å²) in [4.78, 5) is 12.7. The molecule has 1 aliphatic rings. The number of ketones is 1. The van der Waals surface area contributed by atoms with Crippen molar-refractivity contribution in [3.05, 3.63) is 82.1 Å². The minimum Gasteiger partial charge on any atom is -0.460 e. The number of hydrogen-bond donors (Lipinski definition) is 1. The monoisotopic (exact) mass is 400 g/mol. The van der Waals surface area contributed by atoms with Crippen molar-refractivity contribution in [2.45, 2.75) is 11.8 Å². The van der Waals surface area contributed by atoms with Gasteiger partial charge in [0.15, 0.2) is 6.08 Å². The van der Waals surface area contributed by atoms with E-state index in [1.165, 1.54) is 24.3 Å². The van der Waals surface area contributed by atoms with Gasteiger partial charge >= 0.3 is 10.1 Å². The number of carbonyl (C=O) groups is 1. The van der Waals surface area contributed by atoms with E-state index in [1.807, 2.05) is 0 Å². The van der Waals surface area contributed by atoms with E-state index in [2.05, 4.69) is 4.18 Å². The number of Topliss-reactive ketones (excluding diaryl/α,β-unsaturated/α-hetero) is 1. The third-order valence-corrected chi connectivity index (χ3v) is 4.27. The molecule has 0 spiro atoms. The van der Waals surface area contributed by atoms with Crippen LogP contribution in [0.3, 0.4) is 0 Å². The van der Waals surface area contributed by atoms with E-state index in [0.717, 1.165) is 18.2 Å². The van der Waals surface area contributed by atoms with Crippen molar-refractivity contribution >= 4 is 27.5 Å². The average molecular weight is 401 g/mol. The minimum atomic E-state index is -5.10. The predicted octanol–water partition coefficient (Wildman–Crippen LogP) is 2.79. The molecule has 3 rings (SSSR count). The third kappa shape index (κ3) is 3.97. The Morgan fingerprint density at radius 3 is 2.65 bits per heavy atom. The highest BCUT2D eigenvalue weighted by Gasteiger charge is 2.39. The highest BCUT2D eigenvalue weighted by molar-refractivity contribution is 7.86. The molecule has 136 valence electrons. The molecule has 0 aliphatic carbocycles. The number of carbonyl (C=O) groups excluding carboxylic acids is 1. The second-order valence-electron chi connectivity index (χ2n) is 5.12. The lowest BCUT2D eigenvalue weighted by Crippen LogP contribution is -2.16. The first-order chi connectivity index (χ1) is 13.4. The summed E-state index contributed by atoms with van der Waals surface area (Å²) in [5.74, 6) is -4.17. The van der Waals surface area contributed by atoms with Crippen LogP contribution in [0.15, 0.2) is 60.2 Å². The molecule has 0 amide bonds. The molecule has 2 aromatic rings. The summed E-state index contributed by atoms with van der Waals surface area (Å²) in [6.07, 6.45) is -2.65. The van der Waals surface area contributed by atoms with Crippen LogP contribution in [0.5, 0.6) is 0 Å². The summed E-state index contributed by atoms with van der Waals surface area (Å²) in [7, 11) is -5.10. The summed E-state index contributed by atoms with van der Waals surface area (Å²) in [5.41, 5.74) is 1.88. The number of rotatable bonds is 5. The van der Waals surface area contributed by atoms with Gasteiger partial charge in [-0.25, -0.2) is 4.39 Å². The zero-order chi connectivity index (χ0) is 21.6. The first-order valence-electron chi connectivity index (χ1n) is 8.58. The van der Waals surface area contributed by atoms with E-state index < -0.39 is 45.1 Å². The van der Waals surface area contributed by atoms with Crippen molar-refractivity contribution in [2.24, 2.45) is 5.73 Å². The van der Waals surface area contributed by atoms with Gasteiger partial charge in [-0.2, -0.15) is 8.42 Å². The number of hydrogen-bond acceptors (Lipinski definition) is 6. The molecule has 0 aromatic heterocycles. The van der Waals surface area contributed by atoms with Gasteiger partial charge in [0.05, 0.1) is 4.11 Å². The maximum atomic E-state index is 13.6. The third-order valence-electron chi connectivity index (χ3n) is 3.18. The Labute approximate surface area is 158 Å². The fourth-order valence-electron chi connectivity index (χ4n) is 2.15. The van der Waals surface area contributed by atoms with Crippen LogP contribution in [-0.4, -0.2) is 14.2 Å². The van der Waals surface area contributed by atoms with Gasteiger partial charge in [0.2, 0.25) is 17.4 Å². The van der Waals surface area contributed by atoms with Crippen LogP contribution in [0.4, 0.5) is 4.39 Å². The van der Waals surface area contributed by atoms with E-state index in [9.17, 15) is 17.6 Å². The Bertz CT molecular complexity index is 1110. The Kier molecular flexibility index (Phi) is 3.91. The first-order valence-corrected chi connectivity index (χ1v) is 8.87. The normalized spacial score (nSPS) is 22.4. The molecular weight excluding hydrogens is 385 g/mol. The van der Waals surface area contributed by atoms with Gasteiger partial charge in [0, 0.05) is 10.6 Å². The van der Waals surface area contributed by atoms with Gasteiger partial charge < -0.3 is 14.7 Å². The molecule has 1 atom stereocenters. The molecule has 0 saturated carbocycles. The number of benzene rings is 2. The van der Waals surface area contributed by atoms with Crippen LogP contribution in [-0.2, 0) is 29.5 Å². The molecule has 0 saturated heterocycles. The van der Waals surface area contributed by atoms with E-state index in [0.29, 0.717) is 0 Å². The molecule has 6 nitrogen and oxygen atoms in total. The van der Waals surface area contributed by atoms with Gasteiger partial charge in [-0.15, -0.1) is 0 Å². The van der Waals surface area contributed by atoms with Crippen molar-refractivity contribution in [1.29, 1.82) is 0 Å². The maximum absolute atomic E-state index is 13.6. The quantitative estimate of drug-likeness (QED) is 0.775. The summed E-state index contributed by atoms with van der Waals surface area (Å²) < 4.78 is 72.3. The summed E-state index contributed by atoms with van der Waals surface area (Å²) in [6, 6.07) is 9.63. The fraction of sp³-hybridized carbons (Fsp3) is 0.118. The van der Waals surface area contributed by atoms with Crippen molar-refractivity contribution in [2.75, 3.05) is 0 Å². The standard InChI is InChI=1S/C17H13ClFNO5S/c18-12-6-11(7-13(19)8-12)15-14(21)16(17(20)24-15)25-26(22,23)9-10-4-2-1-3-5-10/h1-8,15H,9,20H2/t15-/m1/s1/i9D2,15D. The highest BCUT2D eigenvalue weighted by atomic mass is 35.5. The molecule has 1 heterocycles. The summed E-state index contributed by atoms with van der Waals surface area (Å²) in [6.45, 7) is 0. The maximum Gasteiger partial charge on any atom is 0.313 e. The van der Waals surface area contributed by atoms with Crippen LogP contribution in [0, 0.1) is 5.82 Å². The van der Waals surface area contributed by atoms with Crippen LogP contribution in [0.25, 0.3) is 0 Å².